The first-order chi connectivity index (χ1) is 11.7. The lowest BCUT2D eigenvalue weighted by Crippen LogP contribution is -2.41. The maximum Gasteiger partial charge on any atom is 0.387 e. The minimum absolute atomic E-state index is 0.0528. The molecule has 0 aromatic heterocycles. The number of hydrogen-bond acceptors (Lipinski definition) is 5. The van der Waals surface area contributed by atoms with E-state index in [0.29, 0.717) is 5.75 Å². The molecule has 1 fully saturated rings. The van der Waals surface area contributed by atoms with Gasteiger partial charge in [-0.15, -0.1) is 0 Å². The van der Waals surface area contributed by atoms with E-state index in [2.05, 4.69) is 10.1 Å². The largest absolute Gasteiger partial charge is 0.454 e. The van der Waals surface area contributed by atoms with Crippen LogP contribution in [0.5, 0.6) is 17.2 Å². The van der Waals surface area contributed by atoms with Gasteiger partial charge in [-0.25, -0.2) is 8.78 Å². The highest BCUT2D eigenvalue weighted by Crippen LogP contribution is 2.39. The molecule has 1 N–H and O–H groups in total. The number of benzene rings is 1. The summed E-state index contributed by atoms with van der Waals surface area (Å²) in [5.41, 5.74) is 0.255. The van der Waals surface area contributed by atoms with Crippen molar-refractivity contribution in [2.24, 2.45) is 0 Å². The molecule has 1 aromatic carbocycles. The monoisotopic (exact) mass is 364 g/mol. The fourth-order valence-electron chi connectivity index (χ4n) is 2.78. The average molecular weight is 364 g/mol. The van der Waals surface area contributed by atoms with Crippen molar-refractivity contribution in [2.45, 2.75) is 31.5 Å². The van der Waals surface area contributed by atoms with Crippen molar-refractivity contribution >= 4 is 5.91 Å². The zero-order valence-corrected chi connectivity index (χ0v) is 13.2. The Morgan fingerprint density at radius 2 is 2.08 bits per heavy atom. The van der Waals surface area contributed by atoms with Crippen LogP contribution in [0, 0.1) is 0 Å². The fraction of sp³-hybridized carbons (Fsp3) is 0.533. The number of carbonyl (C=O) groups excluding carboxylic acids is 1. The number of hydrogen-bond donors (Lipinski definition) is 1. The van der Waals surface area contributed by atoms with Crippen molar-refractivity contribution in [3.8, 4) is 17.2 Å². The molecule has 25 heavy (non-hydrogen) atoms. The highest BCUT2D eigenvalue weighted by atomic mass is 19.3. The number of likely N-dealkylation sites (N-methyl/N-ethyl adjacent to an activating group) is 1. The lowest BCUT2D eigenvalue weighted by atomic mass is 10.1. The summed E-state index contributed by atoms with van der Waals surface area (Å²) in [6.45, 7) is -3.79. The van der Waals surface area contributed by atoms with Crippen LogP contribution in [0.3, 0.4) is 0 Å². The molecule has 0 aliphatic carbocycles. The summed E-state index contributed by atoms with van der Waals surface area (Å²) in [4.78, 5) is 13.5. The van der Waals surface area contributed by atoms with Gasteiger partial charge in [-0.1, -0.05) is 0 Å². The topological polar surface area (TPSA) is 60.0 Å². The van der Waals surface area contributed by atoms with E-state index in [0.717, 1.165) is 0 Å². The maximum atomic E-state index is 13.2. The quantitative estimate of drug-likeness (QED) is 0.810. The van der Waals surface area contributed by atoms with E-state index in [4.69, 9.17) is 9.47 Å². The standard InChI is InChI=1S/C15H16F4N2O4/c1-21(13(22)9-4-15(18,19)6-20-9)5-8-2-11-12(24-7-23-11)3-10(8)25-14(16)17/h2-3,9,14,20H,4-7H2,1H3. The molecule has 10 heteroatoms. The van der Waals surface area contributed by atoms with Gasteiger partial charge in [0.2, 0.25) is 12.7 Å². The predicted octanol–water partition coefficient (Wildman–Crippen LogP) is 1.97. The van der Waals surface area contributed by atoms with Crippen LogP contribution in [-0.4, -0.2) is 49.8 Å². The van der Waals surface area contributed by atoms with Crippen molar-refractivity contribution in [3.63, 3.8) is 0 Å². The number of carbonyl (C=O) groups is 1. The number of halogens is 4. The molecule has 0 spiro atoms. The SMILES string of the molecule is CN(Cc1cc2c(cc1OC(F)F)OCO2)C(=O)C1CC(F)(F)CN1. The molecule has 1 unspecified atom stereocenters. The minimum atomic E-state index is -3.06. The lowest BCUT2D eigenvalue weighted by molar-refractivity contribution is -0.133. The Kier molecular flexibility index (Phi) is 4.63. The molecule has 138 valence electrons. The second-order valence-corrected chi connectivity index (χ2v) is 5.88. The average Bonchev–Trinajstić information content (AvgIpc) is 3.11. The first-order valence-corrected chi connectivity index (χ1v) is 7.49. The molecule has 2 heterocycles. The van der Waals surface area contributed by atoms with Gasteiger partial charge in [0.15, 0.2) is 11.5 Å². The lowest BCUT2D eigenvalue weighted by Gasteiger charge is -2.22. The van der Waals surface area contributed by atoms with Gasteiger partial charge in [0.05, 0.1) is 12.6 Å². The molecule has 1 saturated heterocycles. The van der Waals surface area contributed by atoms with Crippen LogP contribution < -0.4 is 19.5 Å². The molecule has 0 saturated carbocycles. The number of nitrogens with zero attached hydrogens (tertiary/aromatic N) is 1. The second-order valence-electron chi connectivity index (χ2n) is 5.88. The fourth-order valence-corrected chi connectivity index (χ4v) is 2.78. The zero-order valence-electron chi connectivity index (χ0n) is 13.2. The van der Waals surface area contributed by atoms with Crippen molar-refractivity contribution < 1.29 is 36.6 Å². The number of fused-ring (bicyclic) bond motifs is 1. The summed E-state index contributed by atoms with van der Waals surface area (Å²) >= 11 is 0. The Morgan fingerprint density at radius 3 is 2.68 bits per heavy atom. The van der Waals surface area contributed by atoms with Crippen molar-refractivity contribution in [1.29, 1.82) is 0 Å². The zero-order chi connectivity index (χ0) is 18.2. The summed E-state index contributed by atoms with van der Waals surface area (Å²) in [5, 5.41) is 2.46. The van der Waals surface area contributed by atoms with E-state index in [9.17, 15) is 22.4 Å². The molecular weight excluding hydrogens is 348 g/mol. The van der Waals surface area contributed by atoms with Gasteiger partial charge >= 0.3 is 6.61 Å². The summed E-state index contributed by atoms with van der Waals surface area (Å²) in [6.07, 6.45) is -0.600. The third-order valence-corrected chi connectivity index (χ3v) is 3.96. The van der Waals surface area contributed by atoms with Crippen LogP contribution in [0.25, 0.3) is 0 Å². The van der Waals surface area contributed by atoms with Crippen LogP contribution in [0.2, 0.25) is 0 Å². The number of amides is 1. The predicted molar refractivity (Wildman–Crippen MR) is 77.0 cm³/mol. The van der Waals surface area contributed by atoms with E-state index in [-0.39, 0.29) is 30.4 Å². The van der Waals surface area contributed by atoms with Gasteiger partial charge < -0.3 is 19.1 Å². The smallest absolute Gasteiger partial charge is 0.387 e. The number of nitrogens with one attached hydrogen (secondary N) is 1. The molecule has 1 atom stereocenters. The molecule has 0 radical (unpaired) electrons. The molecule has 1 aromatic rings. The summed E-state index contributed by atoms with van der Waals surface area (Å²) in [5.74, 6) is -3.07. The Bertz CT molecular complexity index is 671. The third kappa shape index (κ3) is 3.89. The van der Waals surface area contributed by atoms with Gasteiger partial charge in [-0.05, 0) is 6.07 Å². The molecule has 6 nitrogen and oxygen atoms in total. The van der Waals surface area contributed by atoms with Crippen LogP contribution >= 0.6 is 0 Å². The van der Waals surface area contributed by atoms with Gasteiger partial charge in [0, 0.05) is 31.6 Å². The summed E-state index contributed by atoms with van der Waals surface area (Å²) in [7, 11) is 1.40. The molecule has 3 rings (SSSR count). The van der Waals surface area contributed by atoms with E-state index < -0.39 is 37.4 Å². The van der Waals surface area contributed by atoms with Gasteiger partial charge in [-0.3, -0.25) is 10.1 Å². The first kappa shape index (κ1) is 17.6. The maximum absolute atomic E-state index is 13.2. The number of ether oxygens (including phenoxy) is 3. The molecule has 2 aliphatic heterocycles. The third-order valence-electron chi connectivity index (χ3n) is 3.96. The van der Waals surface area contributed by atoms with E-state index >= 15 is 0 Å². The summed E-state index contributed by atoms with van der Waals surface area (Å²) < 4.78 is 66.5. The van der Waals surface area contributed by atoms with Crippen LogP contribution in [0.15, 0.2) is 12.1 Å². The Morgan fingerprint density at radius 1 is 1.40 bits per heavy atom. The van der Waals surface area contributed by atoms with Gasteiger partial charge in [-0.2, -0.15) is 8.78 Å². The van der Waals surface area contributed by atoms with E-state index in [1.807, 2.05) is 0 Å². The van der Waals surface area contributed by atoms with E-state index in [1.54, 1.807) is 0 Å². The molecule has 2 aliphatic rings. The Labute approximate surface area is 140 Å². The van der Waals surface area contributed by atoms with Crippen LogP contribution in [0.4, 0.5) is 17.6 Å². The first-order valence-electron chi connectivity index (χ1n) is 7.49. The molecule has 0 bridgehead atoms. The van der Waals surface area contributed by atoms with Gasteiger partial charge in [0.1, 0.15) is 5.75 Å². The van der Waals surface area contributed by atoms with Gasteiger partial charge in [0.25, 0.3) is 5.92 Å². The normalized spacial score (nSPS) is 20.8. The molecular formula is C15H16F4N2O4. The summed E-state index contributed by atoms with van der Waals surface area (Å²) in [6, 6.07) is 1.67. The van der Waals surface area contributed by atoms with Crippen LogP contribution in [-0.2, 0) is 11.3 Å². The van der Waals surface area contributed by atoms with Crippen molar-refractivity contribution in [3.05, 3.63) is 17.7 Å². The second kappa shape index (κ2) is 6.58. The van der Waals surface area contributed by atoms with Crippen molar-refractivity contribution in [1.82, 2.24) is 10.2 Å². The highest BCUT2D eigenvalue weighted by Gasteiger charge is 2.43. The number of alkyl halides is 4. The Balaban J connectivity index is 1.76. The van der Waals surface area contributed by atoms with Crippen LogP contribution in [0.1, 0.15) is 12.0 Å². The molecule has 1 amide bonds. The Hall–Kier alpha value is -2.23. The van der Waals surface area contributed by atoms with E-state index in [1.165, 1.54) is 24.1 Å². The number of rotatable bonds is 5. The van der Waals surface area contributed by atoms with Crippen molar-refractivity contribution in [2.75, 3.05) is 20.4 Å². The highest BCUT2D eigenvalue weighted by molar-refractivity contribution is 5.82. The minimum Gasteiger partial charge on any atom is -0.454 e.